The zero-order valence-electron chi connectivity index (χ0n) is 2.30. The molecule has 26 valence electrons. The maximum absolute atomic E-state index is 7.37. The zero-order chi connectivity index (χ0) is 4.12. The maximum atomic E-state index is 7.37. The molecule has 0 fully saturated rings. The summed E-state index contributed by atoms with van der Waals surface area (Å²) in [5.41, 5.74) is 0. The van der Waals surface area contributed by atoms with Crippen LogP contribution in [0.1, 0.15) is 0 Å². The first-order chi connectivity index (χ1) is 2.41. The molecule has 0 heterocycles. The number of nitriles is 2. The molecule has 0 aromatic rings. The summed E-state index contributed by atoms with van der Waals surface area (Å²) in [6.45, 7) is 0. The Morgan fingerprint density at radius 1 is 1.17 bits per heavy atom. The normalized spacial score (nSPS) is 3.00. The summed E-state index contributed by atoms with van der Waals surface area (Å²) in [6.07, 6.45) is 2.31. The van der Waals surface area contributed by atoms with Gasteiger partial charge < -0.3 is 4.74 Å². The third-order valence-electron chi connectivity index (χ3n) is 0.0913. The Hall–Kier alpha value is 0.416. The van der Waals surface area contributed by atoms with Gasteiger partial charge in [0.1, 0.15) is 0 Å². The third kappa shape index (κ3) is 8.83. The molecule has 3 nitrogen and oxygen atoms in total. The van der Waals surface area contributed by atoms with Gasteiger partial charge in [0.2, 0.25) is 0 Å². The van der Waals surface area contributed by atoms with Crippen LogP contribution in [-0.2, 0) is 4.74 Å². The van der Waals surface area contributed by atoms with Crippen LogP contribution < -0.4 is 0 Å². The number of rotatable bonds is 0. The number of ether oxygens (including phenoxy) is 1. The molecule has 0 aliphatic carbocycles. The van der Waals surface area contributed by atoms with E-state index in [0.717, 1.165) is 12.5 Å². The molecule has 0 radical (unpaired) electrons. The molecule has 0 bridgehead atoms. The van der Waals surface area contributed by atoms with E-state index in [-0.39, 0.29) is 51.4 Å². The van der Waals surface area contributed by atoms with E-state index in [1.54, 1.807) is 0 Å². The molecule has 0 aromatic carbocycles. The van der Waals surface area contributed by atoms with E-state index in [2.05, 4.69) is 4.74 Å². The summed E-state index contributed by atoms with van der Waals surface area (Å²) in [5, 5.41) is 14.7. The average Bonchev–Trinajstić information content (AvgIpc) is 1.41. The molecule has 0 saturated carbocycles. The molecular formula is C2HKN2O. The second kappa shape index (κ2) is 9.05. The second-order valence-electron chi connectivity index (χ2n) is 0.285. The van der Waals surface area contributed by atoms with Crippen LogP contribution in [0.4, 0.5) is 0 Å². The molecule has 6 heavy (non-hydrogen) atoms. The van der Waals surface area contributed by atoms with Crippen LogP contribution in [0, 0.1) is 23.0 Å². The van der Waals surface area contributed by atoms with Gasteiger partial charge in [-0.1, -0.05) is 0 Å². The van der Waals surface area contributed by atoms with Crippen LogP contribution in [-0.4, -0.2) is 51.4 Å². The van der Waals surface area contributed by atoms with Crippen LogP contribution in [0.15, 0.2) is 0 Å². The fourth-order valence-corrected chi connectivity index (χ4v) is 0.0204. The zero-order valence-corrected chi connectivity index (χ0v) is 2.30. The van der Waals surface area contributed by atoms with E-state index in [9.17, 15) is 0 Å². The molecule has 0 saturated heterocycles. The summed E-state index contributed by atoms with van der Waals surface area (Å²) < 4.78 is 3.44. The fraction of sp³-hybridized carbons (Fsp3) is 0. The molecule has 0 aliphatic heterocycles. The molecule has 0 aromatic heterocycles. The van der Waals surface area contributed by atoms with Gasteiger partial charge >= 0.3 is 63.9 Å². The van der Waals surface area contributed by atoms with E-state index in [0.29, 0.717) is 0 Å². The van der Waals surface area contributed by atoms with E-state index in [4.69, 9.17) is 10.5 Å². The average molecular weight is 108 g/mol. The van der Waals surface area contributed by atoms with Crippen molar-refractivity contribution < 1.29 is 4.74 Å². The number of nitrogens with zero attached hydrogens (tertiary/aromatic N) is 2. The molecule has 0 atom stereocenters. The van der Waals surface area contributed by atoms with Crippen molar-refractivity contribution >= 4 is 51.4 Å². The SMILES string of the molecule is N#COC#N.[KH]. The van der Waals surface area contributed by atoms with Crippen LogP contribution in [0.5, 0.6) is 0 Å². The number of hydrogen-bond acceptors (Lipinski definition) is 3. The first-order valence-electron chi connectivity index (χ1n) is 0.855. The van der Waals surface area contributed by atoms with Crippen molar-refractivity contribution in [1.82, 2.24) is 0 Å². The third-order valence-corrected chi connectivity index (χ3v) is 0.0913. The molecule has 0 amide bonds. The van der Waals surface area contributed by atoms with Crippen molar-refractivity contribution in [1.29, 1.82) is 10.5 Å². The summed E-state index contributed by atoms with van der Waals surface area (Å²) in [4.78, 5) is 0. The second-order valence-corrected chi connectivity index (χ2v) is 0.285. The Balaban J connectivity index is 0. The van der Waals surface area contributed by atoms with Gasteiger partial charge in [-0.3, -0.25) is 0 Å². The van der Waals surface area contributed by atoms with Crippen molar-refractivity contribution in [2.45, 2.75) is 0 Å². The molecule has 0 rings (SSSR count). The van der Waals surface area contributed by atoms with E-state index < -0.39 is 0 Å². The van der Waals surface area contributed by atoms with Gasteiger partial charge in [0, 0.05) is 0 Å². The fourth-order valence-electron chi connectivity index (χ4n) is 0.0204. The first kappa shape index (κ1) is 9.65. The molecule has 0 aliphatic rings. The Labute approximate surface area is 77.9 Å². The minimum absolute atomic E-state index is 0. The number of hydrogen-bond donors (Lipinski definition) is 0. The topological polar surface area (TPSA) is 56.8 Å². The van der Waals surface area contributed by atoms with Gasteiger partial charge in [0.25, 0.3) is 0 Å². The van der Waals surface area contributed by atoms with Crippen LogP contribution in [0.2, 0.25) is 0 Å². The Morgan fingerprint density at radius 3 is 1.50 bits per heavy atom. The van der Waals surface area contributed by atoms with Crippen molar-refractivity contribution in [3.8, 4) is 12.5 Å². The summed E-state index contributed by atoms with van der Waals surface area (Å²) in [6, 6.07) is 0. The first-order valence-corrected chi connectivity index (χ1v) is 0.855. The van der Waals surface area contributed by atoms with Gasteiger partial charge in [0.15, 0.2) is 0 Å². The van der Waals surface area contributed by atoms with Crippen molar-refractivity contribution in [3.63, 3.8) is 0 Å². The van der Waals surface area contributed by atoms with Crippen LogP contribution >= 0.6 is 0 Å². The summed E-state index contributed by atoms with van der Waals surface area (Å²) in [5.74, 6) is 0. The van der Waals surface area contributed by atoms with E-state index in [1.165, 1.54) is 0 Å². The molecular weight excluding hydrogens is 107 g/mol. The van der Waals surface area contributed by atoms with Gasteiger partial charge in [0.05, 0.1) is 0 Å². The predicted octanol–water partition coefficient (Wildman–Crippen LogP) is -0.683. The molecule has 0 unspecified atom stereocenters. The molecule has 0 N–H and O–H groups in total. The van der Waals surface area contributed by atoms with Crippen molar-refractivity contribution in [2.24, 2.45) is 0 Å². The van der Waals surface area contributed by atoms with Gasteiger partial charge in [-0.05, 0) is 0 Å². The van der Waals surface area contributed by atoms with Gasteiger partial charge in [-0.15, -0.1) is 10.5 Å². The van der Waals surface area contributed by atoms with Crippen LogP contribution in [0.25, 0.3) is 0 Å². The van der Waals surface area contributed by atoms with Crippen molar-refractivity contribution in [3.05, 3.63) is 0 Å². The van der Waals surface area contributed by atoms with E-state index >= 15 is 0 Å². The summed E-state index contributed by atoms with van der Waals surface area (Å²) >= 11 is 0. The Bertz CT molecular complexity index is 76.7. The Kier molecular flexibility index (Phi) is 14.6. The minimum atomic E-state index is 0. The van der Waals surface area contributed by atoms with Crippen molar-refractivity contribution in [2.75, 3.05) is 0 Å². The van der Waals surface area contributed by atoms with Gasteiger partial charge in [-0.25, -0.2) is 0 Å². The monoisotopic (exact) mass is 108 g/mol. The molecule has 0 spiro atoms. The van der Waals surface area contributed by atoms with Crippen LogP contribution in [0.3, 0.4) is 0 Å². The standard InChI is InChI=1S/C2N2O.K.H/c3-1-5-2-4;;. The molecule has 4 heteroatoms. The van der Waals surface area contributed by atoms with E-state index in [1.807, 2.05) is 0 Å². The predicted molar refractivity (Wildman–Crippen MR) is 19.5 cm³/mol. The quantitative estimate of drug-likeness (QED) is 0.305. The summed E-state index contributed by atoms with van der Waals surface area (Å²) in [7, 11) is 0. The van der Waals surface area contributed by atoms with Gasteiger partial charge in [-0.2, -0.15) is 0 Å². The Morgan fingerprint density at radius 2 is 1.50 bits per heavy atom.